The van der Waals surface area contributed by atoms with Gasteiger partial charge in [-0.15, -0.1) is 0 Å². The van der Waals surface area contributed by atoms with E-state index in [0.717, 1.165) is 19.3 Å². The summed E-state index contributed by atoms with van der Waals surface area (Å²) < 4.78 is 10.9. The smallest absolute Gasteiger partial charge is 0.297 e. The van der Waals surface area contributed by atoms with Crippen molar-refractivity contribution in [3.8, 4) is 142 Å². The molecule has 1 amide bonds. The van der Waals surface area contributed by atoms with Crippen LogP contribution in [0, 0.1) is 142 Å². The fourth-order valence-electron chi connectivity index (χ4n) is 5.24. The van der Waals surface area contributed by atoms with E-state index in [-0.39, 0.29) is 6.42 Å². The molecule has 7 N–H and O–H groups in total. The summed E-state index contributed by atoms with van der Waals surface area (Å²) in [5.41, 5.74) is 0. The number of hydrogen-bond donors (Lipinski definition) is 7. The molecule has 0 spiro atoms. The predicted molar refractivity (Wildman–Crippen MR) is 228 cm³/mol. The molecule has 1 unspecified atom stereocenters. The molecular formula is C50H51NO9. The van der Waals surface area contributed by atoms with Crippen molar-refractivity contribution in [1.82, 2.24) is 5.32 Å². The highest BCUT2D eigenvalue weighted by Crippen LogP contribution is 2.23. The number of nitrogens with one attached hydrogen (secondary N) is 1. The van der Waals surface area contributed by atoms with Gasteiger partial charge in [-0.25, -0.2) is 0 Å². The number of rotatable bonds is 20. The molecule has 0 saturated carbocycles. The third kappa shape index (κ3) is 26.0. The zero-order valence-corrected chi connectivity index (χ0v) is 34.1. The van der Waals surface area contributed by atoms with E-state index >= 15 is 0 Å². The molecule has 60 heavy (non-hydrogen) atoms. The van der Waals surface area contributed by atoms with Crippen molar-refractivity contribution >= 4 is 5.91 Å². The van der Waals surface area contributed by atoms with Crippen molar-refractivity contribution < 1.29 is 44.9 Å². The molecule has 10 nitrogen and oxygen atoms in total. The minimum absolute atomic E-state index is 0.259. The number of ether oxygens (including phenoxy) is 2. The number of unbranched alkanes of at least 4 members (excludes halogenated alkanes) is 11. The van der Waals surface area contributed by atoms with E-state index in [4.69, 9.17) is 9.47 Å². The maximum atomic E-state index is 12.7. The Labute approximate surface area is 356 Å². The summed E-state index contributed by atoms with van der Waals surface area (Å²) in [6, 6.07) is -1.23. The van der Waals surface area contributed by atoms with E-state index in [1.165, 1.54) is 51.4 Å². The molecule has 0 radical (unpaired) electrons. The largest absolute Gasteiger partial charge is 0.394 e. The summed E-state index contributed by atoms with van der Waals surface area (Å²) in [6.45, 7) is 2.73. The van der Waals surface area contributed by atoms with Crippen LogP contribution in [0.5, 0.6) is 0 Å². The SMILES string of the molecule is CC#CC#CC#CC#CC#CC#CC#CC#CC#CC#CC#CC#CC(=O)N[C@@H](CO[C@H]1OC(CO)[C@@H](O)[C@@H](O)[C@H]1O)[C@H](O)[C@H](O)CCCCCCCCCCCCCC. The molecule has 0 aliphatic carbocycles. The molecular weight excluding hydrogens is 759 g/mol. The Kier molecular flexibility index (Phi) is 31.1. The molecule has 310 valence electrons. The van der Waals surface area contributed by atoms with Crippen molar-refractivity contribution in [2.75, 3.05) is 13.2 Å². The van der Waals surface area contributed by atoms with Crippen LogP contribution in [0.1, 0.15) is 97.3 Å². The molecule has 1 saturated heterocycles. The molecule has 1 aliphatic heterocycles. The van der Waals surface area contributed by atoms with Gasteiger partial charge in [-0.1, -0.05) is 89.9 Å². The van der Waals surface area contributed by atoms with E-state index in [1.807, 2.05) is 0 Å². The summed E-state index contributed by atoms with van der Waals surface area (Å²) >= 11 is 0. The predicted octanol–water partition coefficient (Wildman–Crippen LogP) is 1.16. The van der Waals surface area contributed by atoms with Crippen LogP contribution in [0.15, 0.2) is 0 Å². The third-order valence-electron chi connectivity index (χ3n) is 8.38. The molecule has 1 fully saturated rings. The van der Waals surface area contributed by atoms with Gasteiger partial charge in [0, 0.05) is 41.4 Å². The number of aliphatic hydroxyl groups excluding tert-OH is 6. The normalized spacial score (nSPS) is 17.8. The minimum Gasteiger partial charge on any atom is -0.394 e. The van der Waals surface area contributed by atoms with Gasteiger partial charge in [-0.2, -0.15) is 0 Å². The van der Waals surface area contributed by atoms with Crippen molar-refractivity contribution in [1.29, 1.82) is 0 Å². The average Bonchev–Trinajstić information content (AvgIpc) is 3.25. The standard InChI is InChI=1S/C50H51NO9/c1-3-5-7-9-11-13-15-17-18-19-20-21-22-23-24-25-26-27-29-31-33-35-37-39-45(54)51-42(41-59-50-49(58)48(57)47(56)44(40-52)60-50)46(55)43(53)38-36-34-32-30-28-16-14-12-10-8-6-4-2/h42-44,46-50,52-53,55-58H,4,6,8,10,12,14,16,28,30,32,34,36,38,40-41H2,1-2H3,(H,51,54)/t42-,43+,44?,46-,47+,48+,49+,50-/m0/s1. The van der Waals surface area contributed by atoms with Gasteiger partial charge in [0.2, 0.25) is 0 Å². The Balaban J connectivity index is 2.73. The summed E-state index contributed by atoms with van der Waals surface area (Å²) in [7, 11) is 0. The molecule has 10 heteroatoms. The number of carbonyl (C=O) groups is 1. The lowest BCUT2D eigenvalue weighted by Crippen LogP contribution is -2.60. The molecule has 0 bridgehead atoms. The maximum Gasteiger partial charge on any atom is 0.297 e. The summed E-state index contributed by atoms with van der Waals surface area (Å²) in [5.74, 6) is 58.4. The van der Waals surface area contributed by atoms with Gasteiger partial charge in [0.1, 0.15) is 30.5 Å². The van der Waals surface area contributed by atoms with Crippen LogP contribution >= 0.6 is 0 Å². The van der Waals surface area contributed by atoms with Crippen molar-refractivity contribution in [2.45, 2.75) is 146 Å². The lowest BCUT2D eigenvalue weighted by atomic mass is 9.98. The second-order valence-corrected chi connectivity index (χ2v) is 13.0. The zero-order valence-electron chi connectivity index (χ0n) is 34.1. The molecule has 8 atom stereocenters. The monoisotopic (exact) mass is 809 g/mol. The molecule has 1 rings (SSSR count). The van der Waals surface area contributed by atoms with Crippen LogP contribution < -0.4 is 5.32 Å². The van der Waals surface area contributed by atoms with Crippen LogP contribution in [0.4, 0.5) is 0 Å². The number of hydrogen-bond acceptors (Lipinski definition) is 9. The first-order valence-electron chi connectivity index (χ1n) is 19.8. The summed E-state index contributed by atoms with van der Waals surface area (Å²) in [4.78, 5) is 12.7. The van der Waals surface area contributed by atoms with Crippen LogP contribution in [0.25, 0.3) is 0 Å². The first-order valence-corrected chi connectivity index (χ1v) is 19.8. The van der Waals surface area contributed by atoms with Crippen LogP contribution in [0.3, 0.4) is 0 Å². The number of amides is 1. The van der Waals surface area contributed by atoms with Crippen molar-refractivity contribution in [2.24, 2.45) is 0 Å². The van der Waals surface area contributed by atoms with E-state index in [1.54, 1.807) is 6.92 Å². The Morgan fingerprint density at radius 1 is 0.583 bits per heavy atom. The van der Waals surface area contributed by atoms with Gasteiger partial charge in [-0.3, -0.25) is 4.79 Å². The summed E-state index contributed by atoms with van der Waals surface area (Å²) in [5, 5.41) is 64.3. The van der Waals surface area contributed by atoms with Gasteiger partial charge in [0.15, 0.2) is 6.29 Å². The van der Waals surface area contributed by atoms with Gasteiger partial charge < -0.3 is 45.4 Å². The maximum absolute atomic E-state index is 12.7. The van der Waals surface area contributed by atoms with Crippen molar-refractivity contribution in [3.05, 3.63) is 0 Å². The van der Waals surface area contributed by atoms with Gasteiger partial charge in [0.25, 0.3) is 5.91 Å². The fourth-order valence-corrected chi connectivity index (χ4v) is 5.24. The van der Waals surface area contributed by atoms with Gasteiger partial charge in [0.05, 0.1) is 25.4 Å². The number of aliphatic hydroxyl groups is 6. The highest BCUT2D eigenvalue weighted by Gasteiger charge is 2.44. The van der Waals surface area contributed by atoms with Gasteiger partial charge >= 0.3 is 0 Å². The Bertz CT molecular complexity index is 2140. The van der Waals surface area contributed by atoms with E-state index in [9.17, 15) is 35.4 Å². The first-order chi connectivity index (χ1) is 29.3. The second kappa shape index (κ2) is 36.0. The Hall–Kier alpha value is -6.13. The Morgan fingerprint density at radius 3 is 1.40 bits per heavy atom. The summed E-state index contributed by atoms with van der Waals surface area (Å²) in [6.07, 6.45) is 3.47. The minimum atomic E-state index is -1.70. The van der Waals surface area contributed by atoms with Crippen LogP contribution in [-0.2, 0) is 14.3 Å². The van der Waals surface area contributed by atoms with Gasteiger partial charge in [-0.05, 0) is 108 Å². The molecule has 1 aliphatic rings. The van der Waals surface area contributed by atoms with Crippen LogP contribution in [0.2, 0.25) is 0 Å². The molecule has 0 aromatic carbocycles. The Morgan fingerprint density at radius 2 is 0.983 bits per heavy atom. The lowest BCUT2D eigenvalue weighted by molar-refractivity contribution is -0.303. The molecule has 1 heterocycles. The highest BCUT2D eigenvalue weighted by molar-refractivity contribution is 5.94. The first kappa shape index (κ1) is 51.9. The molecule has 0 aromatic rings. The number of carbonyl (C=O) groups excluding carboxylic acids is 1. The second-order valence-electron chi connectivity index (χ2n) is 13.0. The van der Waals surface area contributed by atoms with E-state index < -0.39 is 68.1 Å². The van der Waals surface area contributed by atoms with E-state index in [2.05, 4.69) is 154 Å². The highest BCUT2D eigenvalue weighted by atomic mass is 16.7. The van der Waals surface area contributed by atoms with Crippen LogP contribution in [-0.4, -0.2) is 98.7 Å². The van der Waals surface area contributed by atoms with E-state index in [0.29, 0.717) is 6.42 Å². The quantitative estimate of drug-likeness (QED) is 0.0706. The molecule has 0 aromatic heterocycles. The van der Waals surface area contributed by atoms with Crippen molar-refractivity contribution in [3.63, 3.8) is 0 Å². The topological polar surface area (TPSA) is 169 Å². The third-order valence-corrected chi connectivity index (χ3v) is 8.38. The zero-order chi connectivity index (χ0) is 43.9. The lowest BCUT2D eigenvalue weighted by Gasteiger charge is -2.40. The average molecular weight is 810 g/mol. The fraction of sp³-hybridized carbons (Fsp3) is 0.500.